The average molecular weight is 562 g/mol. The van der Waals surface area contributed by atoms with E-state index in [1.54, 1.807) is 17.2 Å². The van der Waals surface area contributed by atoms with E-state index in [0.717, 1.165) is 11.8 Å². The number of aromatic nitrogens is 4. The predicted octanol–water partition coefficient (Wildman–Crippen LogP) is 3.68. The fraction of sp³-hybridized carbons (Fsp3) is 0.250. The van der Waals surface area contributed by atoms with Gasteiger partial charge in [-0.2, -0.15) is 4.98 Å². The quantitative estimate of drug-likeness (QED) is 0.323. The molecule has 11 nitrogen and oxygen atoms in total. The number of amides is 1. The lowest BCUT2D eigenvalue weighted by Gasteiger charge is -2.20. The molecule has 0 bridgehead atoms. The van der Waals surface area contributed by atoms with Crippen LogP contribution in [0.5, 0.6) is 11.5 Å². The number of nitrogens with one attached hydrogen (secondary N) is 1. The number of hydrogen-bond acceptors (Lipinski definition) is 9. The van der Waals surface area contributed by atoms with Crippen LogP contribution in [0.4, 0.5) is 11.8 Å². The molecule has 1 fully saturated rings. The van der Waals surface area contributed by atoms with Crippen LogP contribution in [0, 0.1) is 0 Å². The van der Waals surface area contributed by atoms with Crippen molar-refractivity contribution in [2.45, 2.75) is 25.4 Å². The van der Waals surface area contributed by atoms with Crippen LogP contribution in [0.2, 0.25) is 5.02 Å². The summed E-state index contributed by atoms with van der Waals surface area (Å²) >= 11 is 6.82. The second-order valence-electron chi connectivity index (χ2n) is 9.41. The second-order valence-corrected chi connectivity index (χ2v) is 9.79. The summed E-state index contributed by atoms with van der Waals surface area (Å²) < 4.78 is 12.4. The number of rotatable bonds is 7. The smallest absolute Gasteiger partial charge is 0.354 e. The molecule has 12 heteroatoms. The summed E-state index contributed by atoms with van der Waals surface area (Å²) in [5, 5.41) is 4.37. The molecule has 1 aliphatic rings. The van der Waals surface area contributed by atoms with E-state index in [1.165, 1.54) is 37.1 Å². The molecule has 0 saturated carbocycles. The van der Waals surface area contributed by atoms with Gasteiger partial charge in [-0.05, 0) is 43.2 Å². The molecule has 206 valence electrons. The molecule has 1 amide bonds. The highest BCUT2D eigenvalue weighted by atomic mass is 35.5. The Labute approximate surface area is 235 Å². The first-order valence-electron chi connectivity index (χ1n) is 12.5. The first-order valence-corrected chi connectivity index (χ1v) is 12.9. The molecule has 2 unspecified atom stereocenters. The average Bonchev–Trinajstić information content (AvgIpc) is 3.31. The Kier molecular flexibility index (Phi) is 7.31. The van der Waals surface area contributed by atoms with Gasteiger partial charge in [0.15, 0.2) is 0 Å². The van der Waals surface area contributed by atoms with E-state index >= 15 is 0 Å². The Bertz CT molecular complexity index is 1690. The number of carbonyl (C=O) groups is 1. The van der Waals surface area contributed by atoms with Gasteiger partial charge < -0.3 is 25.4 Å². The fourth-order valence-corrected chi connectivity index (χ4v) is 5.33. The third kappa shape index (κ3) is 4.91. The zero-order valence-corrected chi connectivity index (χ0v) is 23.0. The number of hydrogen-bond donors (Lipinski definition) is 2. The van der Waals surface area contributed by atoms with Gasteiger partial charge in [0.25, 0.3) is 0 Å². The van der Waals surface area contributed by atoms with Crippen molar-refractivity contribution in [1.29, 1.82) is 0 Å². The van der Waals surface area contributed by atoms with E-state index in [0.29, 0.717) is 46.3 Å². The summed E-state index contributed by atoms with van der Waals surface area (Å²) in [6, 6.07) is 8.81. The molecule has 2 aromatic heterocycles. The molecule has 0 aliphatic carbocycles. The van der Waals surface area contributed by atoms with Crippen molar-refractivity contribution in [3.63, 3.8) is 0 Å². The summed E-state index contributed by atoms with van der Waals surface area (Å²) in [5.41, 5.74) is 7.40. The number of anilines is 2. The SMILES string of the molecule is C=CC(=O)N1CC(Nc2ncc3cc(-c4c(Cl)c(OC)cc(OC)c4-n4ccc(N)nc4=O)ccc3n2)CC1C. The van der Waals surface area contributed by atoms with Crippen LogP contribution in [0.15, 0.2) is 60.2 Å². The minimum absolute atomic E-state index is 0.0214. The van der Waals surface area contributed by atoms with Crippen molar-refractivity contribution in [3.05, 3.63) is 70.9 Å². The van der Waals surface area contributed by atoms with Gasteiger partial charge >= 0.3 is 5.69 Å². The third-order valence-corrected chi connectivity index (χ3v) is 7.28. The Balaban J connectivity index is 1.55. The number of benzene rings is 2. The van der Waals surface area contributed by atoms with Crippen LogP contribution in [0.3, 0.4) is 0 Å². The zero-order valence-electron chi connectivity index (χ0n) is 22.2. The van der Waals surface area contributed by atoms with Crippen molar-refractivity contribution in [2.24, 2.45) is 0 Å². The maximum Gasteiger partial charge on any atom is 0.354 e. The van der Waals surface area contributed by atoms with Gasteiger partial charge in [-0.25, -0.2) is 14.8 Å². The molecular weight excluding hydrogens is 534 g/mol. The van der Waals surface area contributed by atoms with Crippen LogP contribution < -0.4 is 26.2 Å². The second kappa shape index (κ2) is 10.9. The molecule has 3 N–H and O–H groups in total. The molecule has 3 heterocycles. The summed E-state index contributed by atoms with van der Waals surface area (Å²) in [7, 11) is 2.99. The van der Waals surface area contributed by atoms with Crippen molar-refractivity contribution >= 4 is 40.2 Å². The van der Waals surface area contributed by atoms with Crippen LogP contribution in [-0.2, 0) is 4.79 Å². The number of nitrogen functional groups attached to an aromatic ring is 1. The number of ether oxygens (including phenoxy) is 2. The van der Waals surface area contributed by atoms with Gasteiger partial charge in [0, 0.05) is 48.0 Å². The summed E-state index contributed by atoms with van der Waals surface area (Å²) in [6.45, 7) is 6.14. The molecule has 4 aromatic rings. The Morgan fingerprint density at radius 1 is 1.20 bits per heavy atom. The molecule has 40 heavy (non-hydrogen) atoms. The molecule has 2 atom stereocenters. The lowest BCUT2D eigenvalue weighted by molar-refractivity contribution is -0.126. The number of nitrogens with zero attached hydrogens (tertiary/aromatic N) is 5. The Morgan fingerprint density at radius 2 is 1.98 bits per heavy atom. The topological polar surface area (TPSA) is 137 Å². The third-order valence-electron chi connectivity index (χ3n) is 6.91. The number of halogens is 1. The Hall–Kier alpha value is -4.64. The normalized spacial score (nSPS) is 16.6. The monoisotopic (exact) mass is 561 g/mol. The number of carbonyl (C=O) groups excluding carboxylic acids is 1. The van der Waals surface area contributed by atoms with E-state index in [2.05, 4.69) is 26.8 Å². The maximum absolute atomic E-state index is 12.8. The molecule has 5 rings (SSSR count). The van der Waals surface area contributed by atoms with Gasteiger partial charge in [-0.15, -0.1) is 0 Å². The number of likely N-dealkylation sites (tertiary alicyclic amines) is 1. The van der Waals surface area contributed by atoms with E-state index in [-0.39, 0.29) is 28.8 Å². The minimum Gasteiger partial charge on any atom is -0.495 e. The van der Waals surface area contributed by atoms with Gasteiger partial charge in [0.2, 0.25) is 11.9 Å². The number of fused-ring (bicyclic) bond motifs is 1. The molecule has 1 aliphatic heterocycles. The van der Waals surface area contributed by atoms with Gasteiger partial charge in [-0.3, -0.25) is 9.36 Å². The Morgan fingerprint density at radius 3 is 2.67 bits per heavy atom. The van der Waals surface area contributed by atoms with Crippen LogP contribution >= 0.6 is 11.6 Å². The van der Waals surface area contributed by atoms with Crippen molar-refractivity contribution in [2.75, 3.05) is 31.8 Å². The fourth-order valence-electron chi connectivity index (χ4n) is 5.00. The minimum atomic E-state index is -0.588. The van der Waals surface area contributed by atoms with Crippen molar-refractivity contribution in [3.8, 4) is 28.3 Å². The standard InChI is InChI=1S/C28H28ClN7O4/c1-5-23(37)36-14-18(10-15(36)2)32-27-31-13-17-11-16(6-7-19(17)33-27)24-25(29)20(39-3)12-21(40-4)26(24)35-9-8-22(30)34-28(35)38/h5-9,11-13,15,18H,1,10,14H2,2-4H3,(H2,30,34,38)(H,31,32,33). The molecule has 1 saturated heterocycles. The van der Waals surface area contributed by atoms with E-state index < -0.39 is 5.69 Å². The molecule has 0 spiro atoms. The maximum atomic E-state index is 12.8. The zero-order chi connectivity index (χ0) is 28.6. The van der Waals surface area contributed by atoms with Gasteiger partial charge in [0.1, 0.15) is 23.0 Å². The number of nitrogens with two attached hydrogens (primary N) is 1. The van der Waals surface area contributed by atoms with E-state index in [1.807, 2.05) is 25.1 Å². The lowest BCUT2D eigenvalue weighted by Crippen LogP contribution is -2.33. The first kappa shape index (κ1) is 26.9. The highest BCUT2D eigenvalue weighted by Crippen LogP contribution is 2.45. The summed E-state index contributed by atoms with van der Waals surface area (Å²) in [5.74, 6) is 1.20. The van der Waals surface area contributed by atoms with Crippen molar-refractivity contribution < 1.29 is 14.3 Å². The van der Waals surface area contributed by atoms with Crippen LogP contribution in [0.25, 0.3) is 27.7 Å². The highest BCUT2D eigenvalue weighted by molar-refractivity contribution is 6.35. The summed E-state index contributed by atoms with van der Waals surface area (Å²) in [6.07, 6.45) is 5.34. The summed E-state index contributed by atoms with van der Waals surface area (Å²) in [4.78, 5) is 39.8. The number of methoxy groups -OCH3 is 2. The molecule has 2 aromatic carbocycles. The molecular formula is C28H28ClN7O4. The lowest BCUT2D eigenvalue weighted by atomic mass is 10.00. The van der Waals surface area contributed by atoms with Crippen LogP contribution in [-0.4, -0.2) is 63.2 Å². The predicted molar refractivity (Wildman–Crippen MR) is 154 cm³/mol. The van der Waals surface area contributed by atoms with E-state index in [9.17, 15) is 9.59 Å². The van der Waals surface area contributed by atoms with Crippen molar-refractivity contribution in [1.82, 2.24) is 24.4 Å². The highest BCUT2D eigenvalue weighted by Gasteiger charge is 2.31. The van der Waals surface area contributed by atoms with Gasteiger partial charge in [0.05, 0.1) is 24.8 Å². The largest absolute Gasteiger partial charge is 0.495 e. The van der Waals surface area contributed by atoms with Gasteiger partial charge in [-0.1, -0.05) is 24.2 Å². The molecule has 0 radical (unpaired) electrons. The first-order chi connectivity index (χ1) is 19.2. The van der Waals surface area contributed by atoms with Crippen LogP contribution in [0.1, 0.15) is 13.3 Å². The van der Waals surface area contributed by atoms with E-state index in [4.69, 9.17) is 26.8 Å².